The monoisotopic (exact) mass is 554 g/mol. The molecule has 8 rings (SSSR count). The molecule has 0 bridgehead atoms. The van der Waals surface area contributed by atoms with E-state index in [1.165, 1.54) is 47.6 Å². The molecule has 214 valence electrons. The van der Waals surface area contributed by atoms with Gasteiger partial charge in [0.2, 0.25) is 0 Å². The Balaban J connectivity index is 1.07. The molecule has 0 fully saturated rings. The molecule has 0 aromatic carbocycles. The second kappa shape index (κ2) is 10.6. The molecular weight excluding hydrogens is 512 g/mol. The van der Waals surface area contributed by atoms with Crippen LogP contribution >= 0.6 is 0 Å². The first-order valence-corrected chi connectivity index (χ1v) is 16.7. The molecule has 0 spiro atoms. The first-order chi connectivity index (χ1) is 20.7. The van der Waals surface area contributed by atoms with E-state index in [4.69, 9.17) is 0 Å². The average Bonchev–Trinajstić information content (AvgIpc) is 3.57. The van der Waals surface area contributed by atoms with Crippen LogP contribution in [-0.4, -0.2) is 21.9 Å². The fourth-order valence-corrected chi connectivity index (χ4v) is 9.73. The Kier molecular flexibility index (Phi) is 6.63. The first-order valence-electron chi connectivity index (χ1n) is 16.7. The van der Waals surface area contributed by atoms with Gasteiger partial charge in [0.1, 0.15) is 0 Å². The molecular formula is C38H42N4. The minimum absolute atomic E-state index is 0.0461. The number of hydrogen-bond acceptors (Lipinski definition) is 4. The van der Waals surface area contributed by atoms with Gasteiger partial charge in [0.05, 0.1) is 18.1 Å². The molecule has 6 unspecified atom stereocenters. The van der Waals surface area contributed by atoms with Crippen molar-refractivity contribution in [3.8, 4) is 12.1 Å². The third-order valence-corrected chi connectivity index (χ3v) is 11.6. The molecule has 0 saturated carbocycles. The molecule has 0 radical (unpaired) electrons. The van der Waals surface area contributed by atoms with Crippen LogP contribution < -0.4 is 0 Å². The van der Waals surface area contributed by atoms with Crippen molar-refractivity contribution >= 4 is 0 Å². The highest BCUT2D eigenvalue weighted by Crippen LogP contribution is 2.52. The van der Waals surface area contributed by atoms with Crippen molar-refractivity contribution in [3.63, 3.8) is 0 Å². The molecule has 2 heterocycles. The SMILES string of the molecule is N#CC1=CCC2C(C1)C1=C(C=CCC1)N2C1=CCCC(C2=CC3C4=C(CCC=C4)N(C4=CCCCC4C#N)C3CC2)C1. The molecule has 2 aliphatic heterocycles. The number of rotatable bonds is 3. The number of nitriles is 2. The van der Waals surface area contributed by atoms with Crippen molar-refractivity contribution in [2.75, 3.05) is 0 Å². The number of nitrogens with zero attached hydrogens (tertiary/aromatic N) is 4. The summed E-state index contributed by atoms with van der Waals surface area (Å²) in [5.74, 6) is 1.61. The maximum absolute atomic E-state index is 10.0. The van der Waals surface area contributed by atoms with Gasteiger partial charge in [-0.1, -0.05) is 48.1 Å². The normalized spacial score (nSPS) is 35.3. The maximum Gasteiger partial charge on any atom is 0.0943 e. The zero-order valence-corrected chi connectivity index (χ0v) is 24.8. The lowest BCUT2D eigenvalue weighted by Crippen LogP contribution is -2.38. The largest absolute Gasteiger partial charge is 0.343 e. The quantitative estimate of drug-likeness (QED) is 0.328. The van der Waals surface area contributed by atoms with Crippen LogP contribution in [0.3, 0.4) is 0 Å². The number of hydrogen-bond donors (Lipinski definition) is 0. The van der Waals surface area contributed by atoms with E-state index in [1.807, 2.05) is 0 Å². The summed E-state index contributed by atoms with van der Waals surface area (Å²) in [6.45, 7) is 0. The van der Waals surface area contributed by atoms with E-state index in [0.29, 0.717) is 29.8 Å². The standard InChI is InChI=1S/C38H42N4/c39-23-25-16-18-37-32(20-25)30-11-2-5-14-35(30)41(37)29-10-7-9-26(21-29)27-17-19-38-33(22-27)31-12-3-6-15-36(31)42(38)34-13-4-1-8-28(34)24-40/h3,5,10,12-14,16,22,26,28,32-33,37-38H,1-2,4,6-9,11,15,17-21H2. The average molecular weight is 555 g/mol. The first kappa shape index (κ1) is 26.2. The summed E-state index contributed by atoms with van der Waals surface area (Å²) in [5, 5.41) is 19.7. The highest BCUT2D eigenvalue weighted by atomic mass is 15.2. The Morgan fingerprint density at radius 3 is 2.62 bits per heavy atom. The van der Waals surface area contributed by atoms with Crippen LogP contribution in [-0.2, 0) is 0 Å². The minimum Gasteiger partial charge on any atom is -0.343 e. The highest BCUT2D eigenvalue weighted by Gasteiger charge is 2.46. The molecule has 4 nitrogen and oxygen atoms in total. The second-order valence-corrected chi connectivity index (χ2v) is 13.7. The molecule has 0 N–H and O–H groups in total. The van der Waals surface area contributed by atoms with Gasteiger partial charge in [-0.25, -0.2) is 0 Å². The van der Waals surface area contributed by atoms with Crippen LogP contribution in [0.25, 0.3) is 0 Å². The van der Waals surface area contributed by atoms with Crippen LogP contribution in [0.1, 0.15) is 89.9 Å². The van der Waals surface area contributed by atoms with Gasteiger partial charge in [0, 0.05) is 52.3 Å². The molecule has 42 heavy (non-hydrogen) atoms. The van der Waals surface area contributed by atoms with Crippen LogP contribution in [0.4, 0.5) is 0 Å². The third kappa shape index (κ3) is 4.13. The topological polar surface area (TPSA) is 54.1 Å². The summed E-state index contributed by atoms with van der Waals surface area (Å²) in [6.07, 6.45) is 35.0. The smallest absolute Gasteiger partial charge is 0.0943 e. The van der Waals surface area contributed by atoms with Crippen molar-refractivity contribution < 1.29 is 0 Å². The van der Waals surface area contributed by atoms with E-state index in [1.54, 1.807) is 11.1 Å². The van der Waals surface area contributed by atoms with E-state index in [2.05, 4.69) is 70.5 Å². The Morgan fingerprint density at radius 1 is 0.810 bits per heavy atom. The third-order valence-electron chi connectivity index (χ3n) is 11.6. The fourth-order valence-electron chi connectivity index (χ4n) is 9.73. The summed E-state index contributed by atoms with van der Waals surface area (Å²) in [6, 6.07) is 6.08. The number of fused-ring (bicyclic) bond motifs is 4. The summed E-state index contributed by atoms with van der Waals surface area (Å²) in [7, 11) is 0. The van der Waals surface area contributed by atoms with Crippen LogP contribution in [0.15, 0.2) is 93.7 Å². The van der Waals surface area contributed by atoms with E-state index in [9.17, 15) is 10.5 Å². The highest BCUT2D eigenvalue weighted by molar-refractivity contribution is 5.46. The van der Waals surface area contributed by atoms with Crippen LogP contribution in [0.5, 0.6) is 0 Å². The van der Waals surface area contributed by atoms with Gasteiger partial charge in [-0.3, -0.25) is 0 Å². The molecule has 4 heteroatoms. The molecule has 8 aliphatic rings. The summed E-state index contributed by atoms with van der Waals surface area (Å²) in [5.41, 5.74) is 11.6. The van der Waals surface area contributed by atoms with Gasteiger partial charge < -0.3 is 9.80 Å². The lowest BCUT2D eigenvalue weighted by molar-refractivity contribution is 0.244. The van der Waals surface area contributed by atoms with Crippen LogP contribution in [0, 0.1) is 46.3 Å². The molecule has 0 aromatic rings. The Bertz CT molecular complexity index is 1510. The summed E-state index contributed by atoms with van der Waals surface area (Å²) < 4.78 is 0. The second-order valence-electron chi connectivity index (χ2n) is 13.7. The van der Waals surface area contributed by atoms with Gasteiger partial charge in [-0.15, -0.1) is 0 Å². The molecule has 6 aliphatic carbocycles. The van der Waals surface area contributed by atoms with Crippen molar-refractivity contribution in [1.82, 2.24) is 9.80 Å². The van der Waals surface area contributed by atoms with Crippen molar-refractivity contribution in [2.45, 2.75) is 102 Å². The van der Waals surface area contributed by atoms with Crippen LogP contribution in [0.2, 0.25) is 0 Å². The number of allylic oxidation sites excluding steroid dienone is 11. The Labute approximate surface area is 251 Å². The molecule has 0 saturated heterocycles. The van der Waals surface area contributed by atoms with E-state index in [0.717, 1.165) is 76.2 Å². The van der Waals surface area contributed by atoms with Gasteiger partial charge >= 0.3 is 0 Å². The lowest BCUT2D eigenvalue weighted by Gasteiger charge is -2.41. The van der Waals surface area contributed by atoms with Crippen molar-refractivity contribution in [3.05, 3.63) is 93.7 Å². The molecule has 6 atom stereocenters. The van der Waals surface area contributed by atoms with Gasteiger partial charge in [0.25, 0.3) is 0 Å². The minimum atomic E-state index is 0.0461. The molecule has 0 amide bonds. The molecule has 0 aromatic heterocycles. The van der Waals surface area contributed by atoms with Gasteiger partial charge in [0.15, 0.2) is 0 Å². The van der Waals surface area contributed by atoms with E-state index in [-0.39, 0.29) is 5.92 Å². The Hall–Kier alpha value is -3.50. The lowest BCUT2D eigenvalue weighted by atomic mass is 9.75. The van der Waals surface area contributed by atoms with E-state index >= 15 is 0 Å². The fraction of sp³-hybridized carbons (Fsp3) is 0.526. The summed E-state index contributed by atoms with van der Waals surface area (Å²) in [4.78, 5) is 5.38. The Morgan fingerprint density at radius 2 is 1.71 bits per heavy atom. The zero-order valence-electron chi connectivity index (χ0n) is 24.8. The van der Waals surface area contributed by atoms with Gasteiger partial charge in [-0.2, -0.15) is 10.5 Å². The zero-order chi connectivity index (χ0) is 28.2. The van der Waals surface area contributed by atoms with Gasteiger partial charge in [-0.05, 0) is 113 Å². The summed E-state index contributed by atoms with van der Waals surface area (Å²) >= 11 is 0. The van der Waals surface area contributed by atoms with Crippen molar-refractivity contribution in [1.29, 1.82) is 10.5 Å². The maximum atomic E-state index is 10.0. The predicted molar refractivity (Wildman–Crippen MR) is 166 cm³/mol. The van der Waals surface area contributed by atoms with E-state index < -0.39 is 0 Å². The predicted octanol–water partition coefficient (Wildman–Crippen LogP) is 8.65. The van der Waals surface area contributed by atoms with Crippen molar-refractivity contribution in [2.24, 2.45) is 23.7 Å².